The first-order chi connectivity index (χ1) is 10.4. The predicted octanol–water partition coefficient (Wildman–Crippen LogP) is 2.92. The number of benzene rings is 2. The number of sulfonamides is 1. The molecular formula is C16H14FNO3S. The van der Waals surface area contributed by atoms with Crippen LogP contribution in [0.4, 0.5) is 10.1 Å². The number of rotatable bonds is 2. The van der Waals surface area contributed by atoms with Crippen molar-refractivity contribution in [2.75, 3.05) is 10.8 Å². The van der Waals surface area contributed by atoms with E-state index in [1.165, 1.54) is 16.4 Å². The van der Waals surface area contributed by atoms with Gasteiger partial charge in [-0.1, -0.05) is 11.6 Å². The number of carbonyl (C=O) groups excluding carboxylic acids is 1. The van der Waals surface area contributed by atoms with Gasteiger partial charge in [-0.15, -0.1) is 0 Å². The minimum Gasteiger partial charge on any atom is -0.294 e. The van der Waals surface area contributed by atoms with Crippen LogP contribution >= 0.6 is 0 Å². The van der Waals surface area contributed by atoms with Crippen molar-refractivity contribution in [3.63, 3.8) is 0 Å². The molecular weight excluding hydrogens is 305 g/mol. The number of nitrogens with zero attached hydrogens (tertiary/aromatic N) is 1. The Hall–Kier alpha value is -2.21. The fraction of sp³-hybridized carbons (Fsp3) is 0.188. The molecule has 0 aliphatic carbocycles. The molecule has 3 rings (SSSR count). The fourth-order valence-electron chi connectivity index (χ4n) is 2.53. The fourth-order valence-corrected chi connectivity index (χ4v) is 4.02. The van der Waals surface area contributed by atoms with Gasteiger partial charge in [0.1, 0.15) is 5.82 Å². The molecule has 0 bridgehead atoms. The molecule has 0 atom stereocenters. The number of aryl methyl sites for hydroxylation is 1. The molecule has 1 aliphatic rings. The minimum absolute atomic E-state index is 0.00905. The molecule has 6 heteroatoms. The summed E-state index contributed by atoms with van der Waals surface area (Å²) in [6.07, 6.45) is 0.136. The summed E-state index contributed by atoms with van der Waals surface area (Å²) in [4.78, 5) is 12.0. The number of Topliss-reactive ketones (excluding diaryl/α,β-unsaturated/α-hetero) is 1. The number of anilines is 1. The molecule has 0 spiro atoms. The molecule has 0 fully saturated rings. The van der Waals surface area contributed by atoms with Crippen LogP contribution in [-0.2, 0) is 10.0 Å². The molecule has 2 aromatic rings. The van der Waals surface area contributed by atoms with Crippen LogP contribution in [0.25, 0.3) is 0 Å². The Morgan fingerprint density at radius 3 is 2.45 bits per heavy atom. The smallest absolute Gasteiger partial charge is 0.264 e. The number of hydrogen-bond acceptors (Lipinski definition) is 3. The Labute approximate surface area is 128 Å². The number of hydrogen-bond donors (Lipinski definition) is 0. The molecule has 1 heterocycles. The number of carbonyl (C=O) groups is 1. The second-order valence-electron chi connectivity index (χ2n) is 5.22. The van der Waals surface area contributed by atoms with Crippen LogP contribution in [0.1, 0.15) is 22.3 Å². The molecule has 0 amide bonds. The van der Waals surface area contributed by atoms with Crippen LogP contribution in [0, 0.1) is 12.7 Å². The molecule has 4 nitrogen and oxygen atoms in total. The summed E-state index contributed by atoms with van der Waals surface area (Å²) in [5.41, 5.74) is 1.69. The summed E-state index contributed by atoms with van der Waals surface area (Å²) in [7, 11) is -3.81. The van der Waals surface area contributed by atoms with Crippen LogP contribution in [0.5, 0.6) is 0 Å². The zero-order chi connectivity index (χ0) is 15.9. The van der Waals surface area contributed by atoms with Gasteiger partial charge in [-0.3, -0.25) is 9.10 Å². The largest absolute Gasteiger partial charge is 0.294 e. The van der Waals surface area contributed by atoms with Gasteiger partial charge in [0.15, 0.2) is 5.78 Å². The lowest BCUT2D eigenvalue weighted by Crippen LogP contribution is -2.37. The maximum absolute atomic E-state index is 13.0. The molecule has 0 unspecified atom stereocenters. The van der Waals surface area contributed by atoms with E-state index >= 15 is 0 Å². The summed E-state index contributed by atoms with van der Waals surface area (Å²) >= 11 is 0. The van der Waals surface area contributed by atoms with Gasteiger partial charge in [-0.25, -0.2) is 12.8 Å². The first kappa shape index (κ1) is 14.7. The summed E-state index contributed by atoms with van der Waals surface area (Å²) in [6.45, 7) is 1.94. The van der Waals surface area contributed by atoms with Gasteiger partial charge >= 0.3 is 0 Å². The zero-order valence-electron chi connectivity index (χ0n) is 11.9. The van der Waals surface area contributed by atoms with Gasteiger partial charge < -0.3 is 0 Å². The summed E-state index contributed by atoms with van der Waals surface area (Å²) in [6, 6.07) is 9.79. The van der Waals surface area contributed by atoms with E-state index in [0.29, 0.717) is 11.3 Å². The Morgan fingerprint density at radius 1 is 1.09 bits per heavy atom. The standard InChI is InChI=1S/C16H14FNO3S/c1-11-2-7-15-14(10-11)16(19)8-9-18(15)22(20,21)13-5-3-12(17)4-6-13/h2-7,10H,8-9H2,1H3. The Bertz CT molecular complexity index is 844. The van der Waals surface area contributed by atoms with E-state index in [1.807, 2.05) is 6.92 Å². The lowest BCUT2D eigenvalue weighted by molar-refractivity contribution is 0.0982. The maximum Gasteiger partial charge on any atom is 0.264 e. The van der Waals surface area contributed by atoms with Gasteiger partial charge in [0.25, 0.3) is 10.0 Å². The number of halogens is 1. The highest BCUT2D eigenvalue weighted by Gasteiger charge is 2.32. The van der Waals surface area contributed by atoms with Crippen LogP contribution in [-0.4, -0.2) is 20.7 Å². The third-order valence-electron chi connectivity index (χ3n) is 3.66. The molecule has 0 saturated carbocycles. The lowest BCUT2D eigenvalue weighted by Gasteiger charge is -2.30. The van der Waals surface area contributed by atoms with Crippen molar-refractivity contribution in [2.24, 2.45) is 0 Å². The van der Waals surface area contributed by atoms with Crippen LogP contribution in [0.2, 0.25) is 0 Å². The highest BCUT2D eigenvalue weighted by Crippen LogP contribution is 2.32. The minimum atomic E-state index is -3.81. The van der Waals surface area contributed by atoms with Crippen molar-refractivity contribution >= 4 is 21.5 Å². The van der Waals surface area contributed by atoms with Gasteiger partial charge in [0.05, 0.1) is 10.6 Å². The van der Waals surface area contributed by atoms with Crippen molar-refractivity contribution in [3.8, 4) is 0 Å². The lowest BCUT2D eigenvalue weighted by atomic mass is 10.0. The van der Waals surface area contributed by atoms with E-state index in [-0.39, 0.29) is 23.6 Å². The molecule has 0 saturated heterocycles. The van der Waals surface area contributed by atoms with Crippen molar-refractivity contribution in [2.45, 2.75) is 18.2 Å². The van der Waals surface area contributed by atoms with Crippen LogP contribution in [0.3, 0.4) is 0 Å². The molecule has 114 valence electrons. The molecule has 0 radical (unpaired) electrons. The van der Waals surface area contributed by atoms with Gasteiger partial charge in [0, 0.05) is 18.5 Å². The second kappa shape index (κ2) is 5.21. The monoisotopic (exact) mass is 319 g/mol. The molecule has 0 N–H and O–H groups in total. The molecule has 2 aromatic carbocycles. The molecule has 0 aromatic heterocycles. The zero-order valence-corrected chi connectivity index (χ0v) is 12.7. The number of fused-ring (bicyclic) bond motifs is 1. The van der Waals surface area contributed by atoms with Crippen molar-refractivity contribution in [3.05, 3.63) is 59.4 Å². The van der Waals surface area contributed by atoms with E-state index < -0.39 is 15.8 Å². The van der Waals surface area contributed by atoms with Gasteiger partial charge in [0.2, 0.25) is 0 Å². The van der Waals surface area contributed by atoms with Crippen molar-refractivity contribution in [1.82, 2.24) is 0 Å². The van der Waals surface area contributed by atoms with Crippen LogP contribution in [0.15, 0.2) is 47.4 Å². The van der Waals surface area contributed by atoms with Crippen LogP contribution < -0.4 is 4.31 Å². The highest BCUT2D eigenvalue weighted by molar-refractivity contribution is 7.92. The SMILES string of the molecule is Cc1ccc2c(c1)C(=O)CCN2S(=O)(=O)c1ccc(F)cc1. The van der Waals surface area contributed by atoms with Crippen molar-refractivity contribution in [1.29, 1.82) is 0 Å². The average Bonchev–Trinajstić information content (AvgIpc) is 2.48. The van der Waals surface area contributed by atoms with E-state index in [2.05, 4.69) is 0 Å². The van der Waals surface area contributed by atoms with Gasteiger partial charge in [-0.2, -0.15) is 0 Å². The van der Waals surface area contributed by atoms with Gasteiger partial charge in [-0.05, 0) is 43.3 Å². The van der Waals surface area contributed by atoms with E-state index in [1.54, 1.807) is 18.2 Å². The second-order valence-corrected chi connectivity index (χ2v) is 7.09. The quantitative estimate of drug-likeness (QED) is 0.855. The number of ketones is 1. The first-order valence-electron chi connectivity index (χ1n) is 6.82. The topological polar surface area (TPSA) is 54.5 Å². The predicted molar refractivity (Wildman–Crippen MR) is 81.1 cm³/mol. The third kappa shape index (κ3) is 2.39. The Morgan fingerprint density at radius 2 is 1.77 bits per heavy atom. The average molecular weight is 319 g/mol. The van der Waals surface area contributed by atoms with E-state index in [0.717, 1.165) is 17.7 Å². The highest BCUT2D eigenvalue weighted by atomic mass is 32.2. The molecule has 22 heavy (non-hydrogen) atoms. The van der Waals surface area contributed by atoms with E-state index in [9.17, 15) is 17.6 Å². The Kier molecular flexibility index (Phi) is 3.48. The maximum atomic E-state index is 13.0. The Balaban J connectivity index is 2.11. The van der Waals surface area contributed by atoms with Crippen molar-refractivity contribution < 1.29 is 17.6 Å². The third-order valence-corrected chi connectivity index (χ3v) is 5.49. The summed E-state index contributed by atoms with van der Waals surface area (Å²) < 4.78 is 39.7. The molecule has 1 aliphatic heterocycles. The summed E-state index contributed by atoms with van der Waals surface area (Å²) in [5.74, 6) is -0.562. The first-order valence-corrected chi connectivity index (χ1v) is 8.26. The normalized spacial score (nSPS) is 14.8. The van der Waals surface area contributed by atoms with E-state index in [4.69, 9.17) is 0 Å². The summed E-state index contributed by atoms with van der Waals surface area (Å²) in [5, 5.41) is 0.